The number of nitrogens with zero attached hydrogens (tertiary/aromatic N) is 2. The minimum Gasteiger partial charge on any atom is -0.311 e. The molecule has 0 saturated heterocycles. The van der Waals surface area contributed by atoms with Gasteiger partial charge >= 0.3 is 0 Å². The fourth-order valence-corrected chi connectivity index (χ4v) is 9.91. The maximum absolute atomic E-state index is 3.56. The van der Waals surface area contributed by atoms with Crippen molar-refractivity contribution in [3.63, 3.8) is 0 Å². The van der Waals surface area contributed by atoms with Crippen LogP contribution in [0.3, 0.4) is 0 Å². The van der Waals surface area contributed by atoms with Crippen LogP contribution in [0.15, 0.2) is 291 Å². The van der Waals surface area contributed by atoms with Gasteiger partial charge in [0, 0.05) is 37.7 Å². The lowest BCUT2D eigenvalue weighted by molar-refractivity contribution is 1.28. The largest absolute Gasteiger partial charge is 0.311 e. The van der Waals surface area contributed by atoms with Crippen molar-refractivity contribution < 1.29 is 0 Å². The van der Waals surface area contributed by atoms with Gasteiger partial charge in [-0.3, -0.25) is 0 Å². The molecule has 5 heteroatoms. The number of halogens is 1. The summed E-state index contributed by atoms with van der Waals surface area (Å²) in [4.78, 5) is 4.67. The predicted octanol–water partition coefficient (Wildman–Crippen LogP) is 19.6. The Labute approximate surface area is 444 Å². The van der Waals surface area contributed by atoms with Crippen LogP contribution in [0.5, 0.6) is 0 Å². The molecule has 2 unspecified atom stereocenters. The van der Waals surface area contributed by atoms with Gasteiger partial charge in [0.05, 0.1) is 0 Å². The minimum atomic E-state index is 1.09. The molecule has 0 bridgehead atoms. The average Bonchev–Trinajstić information content (AvgIpc) is 3.43. The third kappa shape index (κ3) is 12.4. The number of rotatable bonds is 13. The van der Waals surface area contributed by atoms with E-state index < -0.39 is 0 Å². The molecule has 2 atom stereocenters. The Bertz CT molecular complexity index is 3190. The van der Waals surface area contributed by atoms with Crippen molar-refractivity contribution in [2.24, 2.45) is 0 Å². The van der Waals surface area contributed by atoms with Crippen LogP contribution < -0.4 is 15.1 Å². The second-order valence-corrected chi connectivity index (χ2v) is 19.8. The molecule has 0 radical (unpaired) electrons. The van der Waals surface area contributed by atoms with Gasteiger partial charge < -0.3 is 9.80 Å². The van der Waals surface area contributed by atoms with E-state index in [9.17, 15) is 0 Å². The van der Waals surface area contributed by atoms with Crippen molar-refractivity contribution in [1.82, 2.24) is 0 Å². The summed E-state index contributed by atoms with van der Waals surface area (Å²) in [5.74, 6) is 0. The zero-order chi connectivity index (χ0) is 49.7. The lowest BCUT2D eigenvalue weighted by atomic mass is 10.0. The van der Waals surface area contributed by atoms with E-state index in [-0.39, 0.29) is 0 Å². The van der Waals surface area contributed by atoms with Crippen LogP contribution in [-0.4, -0.2) is 0 Å². The number of allylic oxidation sites excluding steroid dienone is 5. The first-order chi connectivity index (χ1) is 35.3. The second-order valence-electron chi connectivity index (χ2n) is 17.2. The molecule has 2 nitrogen and oxygen atoms in total. The fourth-order valence-electron chi connectivity index (χ4n) is 8.74. The van der Waals surface area contributed by atoms with Crippen LogP contribution in [0.2, 0.25) is 0 Å². The first-order valence-corrected chi connectivity index (χ1v) is 26.2. The summed E-state index contributed by atoms with van der Waals surface area (Å²) >= 11 is 2.38. The first-order valence-electron chi connectivity index (χ1n) is 24.0. The molecule has 0 amide bonds. The molecule has 0 fully saturated rings. The molecular weight excluding hydrogens is 1020 g/mol. The summed E-state index contributed by atoms with van der Waals surface area (Å²) in [6.45, 7) is 5.55. The van der Waals surface area contributed by atoms with E-state index in [0.29, 0.717) is 0 Å². The van der Waals surface area contributed by atoms with Gasteiger partial charge in [-0.15, -0.1) is 18.5 Å². The Morgan fingerprint density at radius 2 is 0.667 bits per heavy atom. The summed E-state index contributed by atoms with van der Waals surface area (Å²) < 4.78 is 1.23. The Kier molecular flexibility index (Phi) is 16.6. The first kappa shape index (κ1) is 49.6. The van der Waals surface area contributed by atoms with Crippen LogP contribution in [0, 0.1) is 3.57 Å². The molecule has 0 aromatic heterocycles. The van der Waals surface area contributed by atoms with Crippen molar-refractivity contribution in [3.05, 3.63) is 295 Å². The maximum Gasteiger partial charge on any atom is 0.0462 e. The van der Waals surface area contributed by atoms with Crippen LogP contribution >= 0.6 is 41.1 Å². The summed E-state index contributed by atoms with van der Waals surface area (Å²) in [7, 11) is 5.41. The lowest BCUT2D eigenvalue weighted by Gasteiger charge is -2.27. The van der Waals surface area contributed by atoms with E-state index >= 15 is 0 Å². The number of hydrogen-bond donors (Lipinski definition) is 0. The van der Waals surface area contributed by atoms with E-state index in [0.717, 1.165) is 50.6 Å². The van der Waals surface area contributed by atoms with Gasteiger partial charge in [-0.05, 0) is 187 Å². The van der Waals surface area contributed by atoms with Crippen molar-refractivity contribution >= 4 is 80.5 Å². The Hall–Kier alpha value is -7.39. The molecule has 10 aromatic rings. The monoisotopic (exact) mass is 1080 g/mol. The predicted molar refractivity (Wildman–Crippen MR) is 328 cm³/mol. The summed E-state index contributed by atoms with van der Waals surface area (Å²) in [5, 5.41) is 2.33. The quantitative estimate of drug-likeness (QED) is 0.0645. The molecule has 0 aliphatic rings. The molecule has 0 aliphatic carbocycles. The summed E-state index contributed by atoms with van der Waals surface area (Å²) in [6, 6.07) is 91.7. The van der Waals surface area contributed by atoms with Gasteiger partial charge in [-0.25, -0.2) is 0 Å². The zero-order valence-electron chi connectivity index (χ0n) is 40.2. The molecule has 0 spiro atoms. The molecule has 0 aliphatic heterocycles. The Morgan fingerprint density at radius 3 is 0.972 bits per heavy atom. The van der Waals surface area contributed by atoms with Crippen LogP contribution in [0.1, 0.15) is 6.92 Å². The summed E-state index contributed by atoms with van der Waals surface area (Å²) in [6.07, 6.45) is 7.70. The highest BCUT2D eigenvalue weighted by molar-refractivity contribution is 14.1. The normalized spacial score (nSPS) is 11.1. The van der Waals surface area contributed by atoms with Crippen molar-refractivity contribution in [2.45, 2.75) is 6.92 Å². The smallest absolute Gasteiger partial charge is 0.0462 e. The van der Waals surface area contributed by atoms with Crippen molar-refractivity contribution in [2.75, 3.05) is 9.80 Å². The summed E-state index contributed by atoms with van der Waals surface area (Å²) in [5.41, 5.74) is 18.5. The minimum absolute atomic E-state index is 1.09. The van der Waals surface area contributed by atoms with E-state index in [1.165, 1.54) is 53.4 Å². The maximum atomic E-state index is 3.56. The number of benzene rings is 10. The molecule has 0 N–H and O–H groups in total. The van der Waals surface area contributed by atoms with E-state index in [1.54, 1.807) is 6.08 Å². The van der Waals surface area contributed by atoms with E-state index in [4.69, 9.17) is 0 Å². The zero-order valence-corrected chi connectivity index (χ0v) is 44.7. The van der Waals surface area contributed by atoms with Crippen molar-refractivity contribution in [1.29, 1.82) is 0 Å². The van der Waals surface area contributed by atoms with E-state index in [2.05, 4.69) is 312 Å². The van der Waals surface area contributed by atoms with Crippen LogP contribution in [0.4, 0.5) is 34.1 Å². The third-order valence-corrected chi connectivity index (χ3v) is 13.8. The average molecular weight is 1080 g/mol. The van der Waals surface area contributed by atoms with Gasteiger partial charge in [0.2, 0.25) is 0 Å². The van der Waals surface area contributed by atoms with Crippen molar-refractivity contribution in [3.8, 4) is 55.6 Å². The van der Waals surface area contributed by atoms with Crippen LogP contribution in [-0.2, 0) is 0 Å². The molecule has 350 valence electrons. The lowest BCUT2D eigenvalue weighted by Crippen LogP contribution is -2.10. The van der Waals surface area contributed by atoms with Gasteiger partial charge in [-0.2, -0.15) is 0 Å². The highest BCUT2D eigenvalue weighted by Crippen LogP contribution is 2.40. The molecule has 0 heterocycles. The van der Waals surface area contributed by atoms with Gasteiger partial charge in [0.25, 0.3) is 0 Å². The molecule has 10 aromatic carbocycles. The number of anilines is 6. The topological polar surface area (TPSA) is 6.48 Å². The van der Waals surface area contributed by atoms with Crippen LogP contribution in [0.25, 0.3) is 55.6 Å². The second kappa shape index (κ2) is 24.2. The SMILES string of the molecule is C=C/C=C(P)\C=C/C.Pc1cccc(-c2ccc(N(c3ccc(-c4ccccc4)cc3)c3ccc(-c4ccc(N(c5ccc(-c6ccccc6)cc5)c5ccc(-c6cccc(I)c6)cc5)cc4)cc3)cc2)c1. The fraction of sp³-hybridized carbons (Fsp3) is 0.0149. The Morgan fingerprint density at radius 1 is 0.375 bits per heavy atom. The highest BCUT2D eigenvalue weighted by Gasteiger charge is 2.16. The molecule has 10 rings (SSSR count). The van der Waals surface area contributed by atoms with Gasteiger partial charge in [0.1, 0.15) is 0 Å². The third-order valence-electron chi connectivity index (χ3n) is 12.3. The molecular formula is C67H55IN2P2. The number of hydrogen-bond acceptors (Lipinski definition) is 2. The molecule has 72 heavy (non-hydrogen) atoms. The Balaban J connectivity index is 0.000000739. The van der Waals surface area contributed by atoms with E-state index in [1.807, 2.05) is 25.2 Å². The highest BCUT2D eigenvalue weighted by atomic mass is 127. The van der Waals surface area contributed by atoms with Gasteiger partial charge in [0.15, 0.2) is 0 Å². The molecule has 0 saturated carbocycles. The van der Waals surface area contributed by atoms with Gasteiger partial charge in [-0.1, -0.05) is 195 Å². The standard InChI is InChI=1S/C60H44IN2P.C7H11P/c61-53-15-7-13-51(41-53)49-25-37-58(38-26-49)62(54-29-17-45(18-30-54)43-9-3-1-4-10-43)56-33-21-47(22-34-56)48-23-35-57(36-24-48)63(55-31-19-46(20-32-55)44-11-5-2-6-12-44)59-39-27-50(28-40-59)52-14-8-16-60(64)42-52;1-3-5-7(8)6-4-2/h1-42H,64H2;3-6H,1,8H2,2H3/b;6-4-,7-5+.